The molecule has 1 amide bonds. The average Bonchev–Trinajstić information content (AvgIpc) is 2.89. The Balaban J connectivity index is 1.65. The lowest BCUT2D eigenvalue weighted by Gasteiger charge is -2.24. The van der Waals surface area contributed by atoms with Gasteiger partial charge in [-0.25, -0.2) is 0 Å². The first-order valence-corrected chi connectivity index (χ1v) is 9.30. The fraction of sp³-hybridized carbons (Fsp3) is 0.429. The number of ether oxygens (including phenoxy) is 1. The van der Waals surface area contributed by atoms with Crippen LogP contribution in [-0.2, 0) is 11.3 Å². The van der Waals surface area contributed by atoms with Crippen LogP contribution in [0.3, 0.4) is 0 Å². The minimum Gasteiger partial charge on any atom is -0.455 e. The molecule has 0 unspecified atom stereocenters. The van der Waals surface area contributed by atoms with Gasteiger partial charge in [-0.2, -0.15) is 0 Å². The molecule has 1 saturated heterocycles. The number of nitrogens with zero attached hydrogens (tertiary/aromatic N) is 3. The molecule has 1 aliphatic heterocycles. The van der Waals surface area contributed by atoms with E-state index in [4.69, 9.17) is 4.74 Å². The Bertz CT molecular complexity index is 718. The average molecular weight is 353 g/mol. The van der Waals surface area contributed by atoms with E-state index in [9.17, 15) is 4.79 Å². The Labute approximate surface area is 155 Å². The maximum absolute atomic E-state index is 12.3. The molecule has 5 heteroatoms. The Hall–Kier alpha value is -2.40. The number of carbonyl (C=O) groups excluding carboxylic acids is 1. The lowest BCUT2D eigenvalue weighted by atomic mass is 10.2. The third-order valence-electron chi connectivity index (χ3n) is 4.62. The molecule has 0 bridgehead atoms. The van der Waals surface area contributed by atoms with Gasteiger partial charge in [-0.1, -0.05) is 32.0 Å². The van der Waals surface area contributed by atoms with E-state index in [1.54, 1.807) is 12.4 Å². The molecule has 0 radical (unpaired) electrons. The van der Waals surface area contributed by atoms with E-state index in [0.717, 1.165) is 56.2 Å². The zero-order valence-electron chi connectivity index (χ0n) is 15.6. The minimum absolute atomic E-state index is 0.0650. The van der Waals surface area contributed by atoms with Gasteiger partial charge in [0.25, 0.3) is 0 Å². The van der Waals surface area contributed by atoms with Gasteiger partial charge in [0.2, 0.25) is 5.91 Å². The van der Waals surface area contributed by atoms with Crippen LogP contribution in [0.5, 0.6) is 11.5 Å². The number of hydrogen-bond acceptors (Lipinski definition) is 4. The molecule has 5 nitrogen and oxygen atoms in total. The predicted octanol–water partition coefficient (Wildman–Crippen LogP) is 3.56. The molecule has 0 atom stereocenters. The van der Waals surface area contributed by atoms with Crippen molar-refractivity contribution in [3.05, 3.63) is 54.4 Å². The van der Waals surface area contributed by atoms with Gasteiger partial charge in [0.05, 0.1) is 6.20 Å². The first-order chi connectivity index (χ1) is 12.6. The van der Waals surface area contributed by atoms with Crippen molar-refractivity contribution in [2.75, 3.05) is 26.2 Å². The van der Waals surface area contributed by atoms with E-state index >= 15 is 0 Å². The fourth-order valence-corrected chi connectivity index (χ4v) is 3.22. The van der Waals surface area contributed by atoms with Crippen molar-refractivity contribution in [1.29, 1.82) is 0 Å². The van der Waals surface area contributed by atoms with Crippen molar-refractivity contribution >= 4 is 5.91 Å². The molecular formula is C21H27N3O2. The molecule has 138 valence electrons. The molecule has 3 rings (SSSR count). The monoisotopic (exact) mass is 353 g/mol. The number of benzene rings is 1. The van der Waals surface area contributed by atoms with Crippen LogP contribution in [0.2, 0.25) is 0 Å². The van der Waals surface area contributed by atoms with Gasteiger partial charge in [-0.15, -0.1) is 0 Å². The molecule has 1 aliphatic rings. The largest absolute Gasteiger partial charge is 0.455 e. The highest BCUT2D eigenvalue weighted by atomic mass is 16.5. The normalized spacial score (nSPS) is 15.7. The zero-order chi connectivity index (χ0) is 18.4. The summed E-state index contributed by atoms with van der Waals surface area (Å²) in [7, 11) is 0. The van der Waals surface area contributed by atoms with Crippen molar-refractivity contribution in [2.45, 2.75) is 26.8 Å². The van der Waals surface area contributed by atoms with Crippen LogP contribution in [-0.4, -0.2) is 46.9 Å². The van der Waals surface area contributed by atoms with Crippen molar-refractivity contribution < 1.29 is 9.53 Å². The van der Waals surface area contributed by atoms with E-state index in [2.05, 4.69) is 16.0 Å². The molecule has 2 aromatic rings. The summed E-state index contributed by atoms with van der Waals surface area (Å²) in [5, 5.41) is 0. The van der Waals surface area contributed by atoms with Gasteiger partial charge in [-0.3, -0.25) is 14.7 Å². The Morgan fingerprint density at radius 2 is 1.96 bits per heavy atom. The fourth-order valence-electron chi connectivity index (χ4n) is 3.22. The van der Waals surface area contributed by atoms with Crippen LogP contribution < -0.4 is 4.74 Å². The lowest BCUT2D eigenvalue weighted by Crippen LogP contribution is -2.37. The summed E-state index contributed by atoms with van der Waals surface area (Å²) < 4.78 is 6.02. The van der Waals surface area contributed by atoms with E-state index in [0.29, 0.717) is 0 Å². The molecule has 2 heterocycles. The summed E-state index contributed by atoms with van der Waals surface area (Å²) in [6.45, 7) is 8.28. The van der Waals surface area contributed by atoms with Gasteiger partial charge >= 0.3 is 0 Å². The lowest BCUT2D eigenvalue weighted by molar-refractivity contribution is -0.134. The molecule has 0 spiro atoms. The molecule has 1 aromatic heterocycles. The minimum atomic E-state index is 0.0650. The van der Waals surface area contributed by atoms with Crippen LogP contribution in [0.15, 0.2) is 48.8 Å². The highest BCUT2D eigenvalue weighted by molar-refractivity contribution is 5.78. The molecule has 0 saturated carbocycles. The summed E-state index contributed by atoms with van der Waals surface area (Å²) in [5.41, 5.74) is 1.15. The third kappa shape index (κ3) is 4.82. The second-order valence-corrected chi connectivity index (χ2v) is 7.01. The summed E-state index contributed by atoms with van der Waals surface area (Å²) in [4.78, 5) is 20.8. The predicted molar refractivity (Wildman–Crippen MR) is 102 cm³/mol. The zero-order valence-corrected chi connectivity index (χ0v) is 15.6. The number of rotatable bonds is 5. The first-order valence-electron chi connectivity index (χ1n) is 9.30. The summed E-state index contributed by atoms with van der Waals surface area (Å²) in [5.74, 6) is 1.92. The van der Waals surface area contributed by atoms with Crippen molar-refractivity contribution in [3.8, 4) is 11.5 Å². The van der Waals surface area contributed by atoms with Crippen LogP contribution in [0.25, 0.3) is 0 Å². The van der Waals surface area contributed by atoms with Crippen molar-refractivity contribution in [3.63, 3.8) is 0 Å². The van der Waals surface area contributed by atoms with Crippen LogP contribution in [0, 0.1) is 5.92 Å². The highest BCUT2D eigenvalue weighted by Crippen LogP contribution is 2.26. The SMILES string of the molecule is CC(C)C(=O)N1CCCN(Cc2ccccc2Oc2cccnc2)CC1. The quantitative estimate of drug-likeness (QED) is 0.824. The smallest absolute Gasteiger partial charge is 0.225 e. The molecule has 0 N–H and O–H groups in total. The van der Waals surface area contributed by atoms with Gasteiger partial charge in [0.1, 0.15) is 11.5 Å². The Morgan fingerprint density at radius 1 is 1.12 bits per heavy atom. The number of para-hydroxylation sites is 1. The Kier molecular flexibility index (Phi) is 6.23. The highest BCUT2D eigenvalue weighted by Gasteiger charge is 2.21. The van der Waals surface area contributed by atoms with E-state index in [-0.39, 0.29) is 11.8 Å². The van der Waals surface area contributed by atoms with Crippen LogP contribution in [0.1, 0.15) is 25.8 Å². The maximum Gasteiger partial charge on any atom is 0.225 e. The van der Waals surface area contributed by atoms with Crippen molar-refractivity contribution in [1.82, 2.24) is 14.8 Å². The van der Waals surface area contributed by atoms with Gasteiger partial charge in [-0.05, 0) is 24.6 Å². The van der Waals surface area contributed by atoms with E-state index in [1.165, 1.54) is 0 Å². The topological polar surface area (TPSA) is 45.7 Å². The number of carbonyl (C=O) groups is 1. The third-order valence-corrected chi connectivity index (χ3v) is 4.62. The number of pyridine rings is 1. The second kappa shape index (κ2) is 8.81. The molecule has 1 aromatic carbocycles. The summed E-state index contributed by atoms with van der Waals surface area (Å²) in [6.07, 6.45) is 4.46. The molecular weight excluding hydrogens is 326 g/mol. The second-order valence-electron chi connectivity index (χ2n) is 7.01. The maximum atomic E-state index is 12.3. The van der Waals surface area contributed by atoms with E-state index in [1.807, 2.05) is 49.1 Å². The van der Waals surface area contributed by atoms with Crippen LogP contribution in [0.4, 0.5) is 0 Å². The van der Waals surface area contributed by atoms with Crippen molar-refractivity contribution in [2.24, 2.45) is 5.92 Å². The number of hydrogen-bond donors (Lipinski definition) is 0. The molecule has 26 heavy (non-hydrogen) atoms. The first kappa shape index (κ1) is 18.4. The van der Waals surface area contributed by atoms with Gasteiger partial charge in [0, 0.05) is 50.4 Å². The van der Waals surface area contributed by atoms with E-state index < -0.39 is 0 Å². The number of aromatic nitrogens is 1. The molecule has 1 fully saturated rings. The summed E-state index contributed by atoms with van der Waals surface area (Å²) in [6, 6.07) is 11.9. The van der Waals surface area contributed by atoms with Gasteiger partial charge < -0.3 is 9.64 Å². The summed E-state index contributed by atoms with van der Waals surface area (Å²) >= 11 is 0. The van der Waals surface area contributed by atoms with Gasteiger partial charge in [0.15, 0.2) is 0 Å². The standard InChI is InChI=1S/C21H27N3O2/c1-17(2)21(25)24-12-6-11-23(13-14-24)16-18-7-3-4-9-20(18)26-19-8-5-10-22-15-19/h3-5,7-10,15,17H,6,11-14,16H2,1-2H3. The molecule has 0 aliphatic carbocycles. The number of amides is 1. The van der Waals surface area contributed by atoms with Crippen LogP contribution >= 0.6 is 0 Å². The Morgan fingerprint density at radius 3 is 2.73 bits per heavy atom.